The number of nitrogens with zero attached hydrogens (tertiary/aromatic N) is 1. The lowest BCUT2D eigenvalue weighted by molar-refractivity contribution is 0.0790. The van der Waals surface area contributed by atoms with Gasteiger partial charge in [0.2, 0.25) is 0 Å². The molecule has 0 unspecified atom stereocenters. The number of methoxy groups -OCH3 is 1. The first kappa shape index (κ1) is 18.6. The van der Waals surface area contributed by atoms with Gasteiger partial charge in [0.15, 0.2) is 11.5 Å². The van der Waals surface area contributed by atoms with Crippen LogP contribution >= 0.6 is 12.4 Å². The molecule has 1 heterocycles. The molecule has 1 aromatic carbocycles. The highest BCUT2D eigenvalue weighted by Crippen LogP contribution is 2.29. The monoisotopic (exact) mass is 328 g/mol. The van der Waals surface area contributed by atoms with E-state index in [-0.39, 0.29) is 24.4 Å². The lowest BCUT2D eigenvalue weighted by atomic mass is 10.1. The summed E-state index contributed by atoms with van der Waals surface area (Å²) in [5, 5.41) is 0. The van der Waals surface area contributed by atoms with Crippen LogP contribution in [0.4, 0.5) is 0 Å². The Morgan fingerprint density at radius 1 is 1.41 bits per heavy atom. The maximum absolute atomic E-state index is 12.4. The number of rotatable bonds is 5. The molecule has 1 amide bonds. The quantitative estimate of drug-likeness (QED) is 0.901. The highest BCUT2D eigenvalue weighted by Gasteiger charge is 2.25. The number of halogens is 1. The van der Waals surface area contributed by atoms with E-state index < -0.39 is 0 Å². The van der Waals surface area contributed by atoms with Crippen molar-refractivity contribution in [2.45, 2.75) is 26.3 Å². The highest BCUT2D eigenvalue weighted by molar-refractivity contribution is 5.95. The van der Waals surface area contributed by atoms with Crippen molar-refractivity contribution in [3.63, 3.8) is 0 Å². The van der Waals surface area contributed by atoms with E-state index in [1.165, 1.54) is 0 Å². The molecule has 1 saturated heterocycles. The van der Waals surface area contributed by atoms with Gasteiger partial charge < -0.3 is 20.1 Å². The molecule has 1 aromatic rings. The van der Waals surface area contributed by atoms with E-state index in [2.05, 4.69) is 13.8 Å². The number of benzene rings is 1. The average Bonchev–Trinajstić information content (AvgIpc) is 2.90. The lowest BCUT2D eigenvalue weighted by Crippen LogP contribution is -2.31. The molecular formula is C16H25ClN2O3. The number of ether oxygens (including phenoxy) is 2. The Bertz CT molecular complexity index is 508. The molecule has 0 aliphatic carbocycles. The zero-order chi connectivity index (χ0) is 15.4. The van der Waals surface area contributed by atoms with E-state index in [1.54, 1.807) is 30.2 Å². The topological polar surface area (TPSA) is 64.8 Å². The van der Waals surface area contributed by atoms with Gasteiger partial charge in [-0.2, -0.15) is 0 Å². The van der Waals surface area contributed by atoms with Crippen LogP contribution in [-0.4, -0.2) is 43.7 Å². The van der Waals surface area contributed by atoms with Crippen molar-refractivity contribution >= 4 is 18.3 Å². The van der Waals surface area contributed by atoms with Gasteiger partial charge in [0.1, 0.15) is 0 Å². The zero-order valence-corrected chi connectivity index (χ0v) is 14.2. The van der Waals surface area contributed by atoms with E-state index in [0.29, 0.717) is 42.7 Å². The van der Waals surface area contributed by atoms with E-state index >= 15 is 0 Å². The van der Waals surface area contributed by atoms with Gasteiger partial charge in [-0.3, -0.25) is 4.79 Å². The molecule has 6 heteroatoms. The first-order valence-electron chi connectivity index (χ1n) is 7.37. The second-order valence-corrected chi connectivity index (χ2v) is 5.87. The van der Waals surface area contributed by atoms with Crippen LogP contribution in [0.3, 0.4) is 0 Å². The van der Waals surface area contributed by atoms with Gasteiger partial charge >= 0.3 is 0 Å². The third kappa shape index (κ3) is 4.52. The van der Waals surface area contributed by atoms with Gasteiger partial charge in [0.25, 0.3) is 5.91 Å². The molecule has 2 N–H and O–H groups in total. The Morgan fingerprint density at radius 2 is 2.14 bits per heavy atom. The van der Waals surface area contributed by atoms with Crippen LogP contribution in [0, 0.1) is 5.92 Å². The number of likely N-dealkylation sites (tertiary alicyclic amines) is 1. The molecule has 1 aliphatic heterocycles. The van der Waals surface area contributed by atoms with E-state index in [9.17, 15) is 4.79 Å². The molecule has 0 saturated carbocycles. The van der Waals surface area contributed by atoms with Gasteiger partial charge in [0, 0.05) is 24.7 Å². The lowest BCUT2D eigenvalue weighted by Gasteiger charge is -2.17. The molecule has 0 spiro atoms. The predicted molar refractivity (Wildman–Crippen MR) is 89.1 cm³/mol. The second kappa shape index (κ2) is 8.25. The van der Waals surface area contributed by atoms with Crippen molar-refractivity contribution in [1.82, 2.24) is 4.90 Å². The summed E-state index contributed by atoms with van der Waals surface area (Å²) in [6.07, 6.45) is 0.860. The third-order valence-electron chi connectivity index (χ3n) is 3.49. The minimum Gasteiger partial charge on any atom is -0.493 e. The van der Waals surface area contributed by atoms with Crippen LogP contribution in [0.1, 0.15) is 30.6 Å². The summed E-state index contributed by atoms with van der Waals surface area (Å²) in [4.78, 5) is 14.2. The highest BCUT2D eigenvalue weighted by atomic mass is 35.5. The number of carbonyl (C=O) groups excluding carboxylic acids is 1. The first-order valence-corrected chi connectivity index (χ1v) is 7.37. The van der Waals surface area contributed by atoms with Crippen LogP contribution in [0.5, 0.6) is 11.5 Å². The maximum Gasteiger partial charge on any atom is 0.254 e. The molecular weight excluding hydrogens is 304 g/mol. The Balaban J connectivity index is 0.00000242. The average molecular weight is 329 g/mol. The normalized spacial score (nSPS) is 17.3. The molecule has 1 aliphatic rings. The SMILES string of the molecule is COc1cc(C(=O)N2CC[C@@H](N)C2)ccc1OCC(C)C.Cl. The fourth-order valence-corrected chi connectivity index (χ4v) is 2.33. The van der Waals surface area contributed by atoms with Gasteiger partial charge in [0.05, 0.1) is 13.7 Å². The zero-order valence-electron chi connectivity index (χ0n) is 13.4. The Labute approximate surface area is 138 Å². The second-order valence-electron chi connectivity index (χ2n) is 5.87. The number of amides is 1. The predicted octanol–water partition coefficient (Wildman–Crippen LogP) is 2.33. The van der Waals surface area contributed by atoms with Crippen molar-refractivity contribution in [2.75, 3.05) is 26.8 Å². The standard InChI is InChI=1S/C16H24N2O3.ClH/c1-11(2)10-21-14-5-4-12(8-15(14)20-3)16(19)18-7-6-13(17)9-18;/h4-5,8,11,13H,6-7,9-10,17H2,1-3H3;1H/t13-;/m1./s1. The Hall–Kier alpha value is -1.46. The molecule has 0 radical (unpaired) electrons. The summed E-state index contributed by atoms with van der Waals surface area (Å²) in [5.74, 6) is 1.68. The van der Waals surface area contributed by atoms with Gasteiger partial charge in [-0.25, -0.2) is 0 Å². The summed E-state index contributed by atoms with van der Waals surface area (Å²) in [5.41, 5.74) is 6.46. The van der Waals surface area contributed by atoms with Gasteiger partial charge in [-0.15, -0.1) is 12.4 Å². The Kier molecular flexibility index (Phi) is 6.97. The number of nitrogens with two attached hydrogens (primary N) is 1. The van der Waals surface area contributed by atoms with Crippen LogP contribution in [0.15, 0.2) is 18.2 Å². The number of carbonyl (C=O) groups is 1. The minimum atomic E-state index is -0.00309. The number of hydrogen-bond donors (Lipinski definition) is 1. The first-order chi connectivity index (χ1) is 10.0. The molecule has 0 bridgehead atoms. The van der Waals surface area contributed by atoms with Crippen molar-refractivity contribution in [2.24, 2.45) is 11.7 Å². The maximum atomic E-state index is 12.4. The molecule has 2 rings (SSSR count). The van der Waals surface area contributed by atoms with E-state index in [4.69, 9.17) is 15.2 Å². The number of hydrogen-bond acceptors (Lipinski definition) is 4. The van der Waals surface area contributed by atoms with Gasteiger partial charge in [-0.1, -0.05) is 13.8 Å². The van der Waals surface area contributed by atoms with Crippen molar-refractivity contribution in [3.8, 4) is 11.5 Å². The minimum absolute atomic E-state index is 0. The van der Waals surface area contributed by atoms with Crippen molar-refractivity contribution in [3.05, 3.63) is 23.8 Å². The molecule has 1 atom stereocenters. The van der Waals surface area contributed by atoms with Gasteiger partial charge in [-0.05, 0) is 30.5 Å². The summed E-state index contributed by atoms with van der Waals surface area (Å²) < 4.78 is 11.0. The Morgan fingerprint density at radius 3 is 2.68 bits per heavy atom. The summed E-state index contributed by atoms with van der Waals surface area (Å²) in [7, 11) is 1.58. The van der Waals surface area contributed by atoms with Crippen LogP contribution in [0.2, 0.25) is 0 Å². The summed E-state index contributed by atoms with van der Waals surface area (Å²) in [6.45, 7) is 6.12. The smallest absolute Gasteiger partial charge is 0.254 e. The third-order valence-corrected chi connectivity index (χ3v) is 3.49. The molecule has 22 heavy (non-hydrogen) atoms. The molecule has 0 aromatic heterocycles. The fraction of sp³-hybridized carbons (Fsp3) is 0.562. The molecule has 1 fully saturated rings. The van der Waals surface area contributed by atoms with Crippen molar-refractivity contribution in [1.29, 1.82) is 0 Å². The summed E-state index contributed by atoms with van der Waals surface area (Å²) in [6, 6.07) is 5.40. The van der Waals surface area contributed by atoms with Crippen LogP contribution in [-0.2, 0) is 0 Å². The van der Waals surface area contributed by atoms with Crippen molar-refractivity contribution < 1.29 is 14.3 Å². The fourth-order valence-electron chi connectivity index (χ4n) is 2.33. The van der Waals surface area contributed by atoms with Crippen LogP contribution in [0.25, 0.3) is 0 Å². The molecule has 5 nitrogen and oxygen atoms in total. The molecule has 124 valence electrons. The van der Waals surface area contributed by atoms with E-state index in [1.807, 2.05) is 0 Å². The summed E-state index contributed by atoms with van der Waals surface area (Å²) >= 11 is 0. The van der Waals surface area contributed by atoms with Crippen LogP contribution < -0.4 is 15.2 Å². The van der Waals surface area contributed by atoms with E-state index in [0.717, 1.165) is 6.42 Å². The largest absolute Gasteiger partial charge is 0.493 e.